The van der Waals surface area contributed by atoms with Gasteiger partial charge in [-0.2, -0.15) is 5.10 Å². The number of nitrogens with zero attached hydrogens (tertiary/aromatic N) is 1. The summed E-state index contributed by atoms with van der Waals surface area (Å²) in [6.07, 6.45) is 1.54. The van der Waals surface area contributed by atoms with Crippen molar-refractivity contribution in [3.8, 4) is 11.5 Å². The number of aromatic carboxylic acids is 1. The largest absolute Gasteiger partial charge is 0.493 e. The minimum Gasteiger partial charge on any atom is -0.493 e. The van der Waals surface area contributed by atoms with Crippen molar-refractivity contribution in [1.82, 2.24) is 5.43 Å². The molecule has 3 rings (SSSR count). The maximum Gasteiger partial charge on any atom is 0.335 e. The summed E-state index contributed by atoms with van der Waals surface area (Å²) >= 11 is 3.45. The van der Waals surface area contributed by atoms with Crippen LogP contribution in [0.5, 0.6) is 11.5 Å². The number of benzene rings is 3. The monoisotopic (exact) mass is 514 g/mol. The normalized spacial score (nSPS) is 10.8. The van der Waals surface area contributed by atoms with E-state index in [4.69, 9.17) is 14.6 Å². The van der Waals surface area contributed by atoms with Gasteiger partial charge < -0.3 is 14.6 Å². The van der Waals surface area contributed by atoms with E-state index in [9.17, 15) is 14.0 Å². The van der Waals surface area contributed by atoms with Crippen LogP contribution in [0.2, 0.25) is 0 Å². The van der Waals surface area contributed by atoms with E-state index in [1.54, 1.807) is 36.4 Å². The second-order valence-electron chi connectivity index (χ2n) is 6.92. The Morgan fingerprint density at radius 3 is 2.39 bits per heavy atom. The van der Waals surface area contributed by atoms with Gasteiger partial charge in [-0.25, -0.2) is 14.6 Å². The van der Waals surface area contributed by atoms with Gasteiger partial charge >= 0.3 is 5.97 Å². The van der Waals surface area contributed by atoms with Gasteiger partial charge in [-0.15, -0.1) is 0 Å². The van der Waals surface area contributed by atoms with E-state index in [0.29, 0.717) is 27.1 Å². The molecule has 0 unspecified atom stereocenters. The number of rotatable bonds is 9. The molecule has 2 N–H and O–H groups in total. The van der Waals surface area contributed by atoms with Crippen LogP contribution in [0, 0.1) is 5.82 Å². The summed E-state index contributed by atoms with van der Waals surface area (Å²) in [5.41, 5.74) is 4.75. The first-order valence-electron chi connectivity index (χ1n) is 9.74. The van der Waals surface area contributed by atoms with Crippen molar-refractivity contribution in [3.05, 3.63) is 93.2 Å². The number of hydrogen-bond acceptors (Lipinski definition) is 5. The summed E-state index contributed by atoms with van der Waals surface area (Å²) in [6, 6.07) is 15.5. The molecule has 0 aliphatic heterocycles. The fourth-order valence-electron chi connectivity index (χ4n) is 2.86. The molecule has 9 heteroatoms. The first kappa shape index (κ1) is 23.9. The highest BCUT2D eigenvalue weighted by Gasteiger charge is 2.12. The van der Waals surface area contributed by atoms with Gasteiger partial charge in [0.25, 0.3) is 0 Å². The van der Waals surface area contributed by atoms with E-state index in [-0.39, 0.29) is 30.3 Å². The average Bonchev–Trinajstić information content (AvgIpc) is 2.80. The van der Waals surface area contributed by atoms with E-state index >= 15 is 0 Å². The zero-order chi connectivity index (χ0) is 23.8. The molecule has 0 aromatic heterocycles. The van der Waals surface area contributed by atoms with E-state index in [1.165, 1.54) is 37.6 Å². The number of methoxy groups -OCH3 is 1. The Kier molecular flexibility index (Phi) is 8.15. The number of nitrogens with one attached hydrogen (secondary N) is 1. The number of ether oxygens (including phenoxy) is 2. The first-order chi connectivity index (χ1) is 15.9. The predicted octanol–water partition coefficient (Wildman–Crippen LogP) is 4.57. The second kappa shape index (κ2) is 11.2. The third-order valence-corrected chi connectivity index (χ3v) is 5.11. The van der Waals surface area contributed by atoms with Crippen LogP contribution in [0.4, 0.5) is 4.39 Å². The summed E-state index contributed by atoms with van der Waals surface area (Å²) < 4.78 is 24.8. The maximum absolute atomic E-state index is 12.9. The molecule has 0 saturated carbocycles. The van der Waals surface area contributed by atoms with Crippen molar-refractivity contribution >= 4 is 34.0 Å². The Hall–Kier alpha value is -3.72. The van der Waals surface area contributed by atoms with Crippen molar-refractivity contribution in [1.29, 1.82) is 0 Å². The number of amides is 1. The summed E-state index contributed by atoms with van der Waals surface area (Å²) in [6.45, 7) is 0.210. The highest BCUT2D eigenvalue weighted by atomic mass is 79.9. The summed E-state index contributed by atoms with van der Waals surface area (Å²) in [4.78, 5) is 23.0. The molecule has 3 aromatic carbocycles. The third-order valence-electron chi connectivity index (χ3n) is 4.52. The maximum atomic E-state index is 12.9. The van der Waals surface area contributed by atoms with E-state index in [0.717, 1.165) is 5.56 Å². The molecule has 0 aliphatic carbocycles. The molecule has 0 bridgehead atoms. The number of halogens is 2. The summed E-state index contributed by atoms with van der Waals surface area (Å²) in [5.74, 6) is -0.767. The third kappa shape index (κ3) is 6.88. The standard InChI is InChI=1S/C24H20BrFN2O5/c1-32-21-11-17(13-27-28-22(29)12-15-4-8-19(26)9-5-15)10-20(25)23(21)33-14-16-2-6-18(7-3-16)24(30)31/h2-11,13H,12,14H2,1H3,(H,28,29)(H,30,31)/b27-13+. The lowest BCUT2D eigenvalue weighted by Crippen LogP contribution is -2.19. The van der Waals surface area contributed by atoms with Crippen molar-refractivity contribution in [2.24, 2.45) is 5.10 Å². The molecule has 0 saturated heterocycles. The fraction of sp³-hybridized carbons (Fsp3) is 0.125. The lowest BCUT2D eigenvalue weighted by Gasteiger charge is -2.13. The summed E-state index contributed by atoms with van der Waals surface area (Å²) in [7, 11) is 1.50. The smallest absolute Gasteiger partial charge is 0.335 e. The number of carboxylic acid groups (broad SMARTS) is 1. The molecule has 0 fully saturated rings. The number of carbonyl (C=O) groups is 2. The minimum atomic E-state index is -0.990. The average molecular weight is 515 g/mol. The Morgan fingerprint density at radius 1 is 1.09 bits per heavy atom. The van der Waals surface area contributed by atoms with Gasteiger partial charge in [0.15, 0.2) is 11.5 Å². The Labute approximate surface area is 198 Å². The molecule has 0 aliphatic rings. The molecule has 33 heavy (non-hydrogen) atoms. The van der Waals surface area contributed by atoms with Crippen LogP contribution >= 0.6 is 15.9 Å². The second-order valence-corrected chi connectivity index (χ2v) is 7.78. The Morgan fingerprint density at radius 2 is 1.76 bits per heavy atom. The van der Waals surface area contributed by atoms with E-state index in [1.807, 2.05) is 0 Å². The summed E-state index contributed by atoms with van der Waals surface area (Å²) in [5, 5.41) is 12.9. The van der Waals surface area contributed by atoms with Crippen molar-refractivity contribution < 1.29 is 28.6 Å². The van der Waals surface area contributed by atoms with Crippen LogP contribution in [0.1, 0.15) is 27.0 Å². The SMILES string of the molecule is COc1cc(/C=N/NC(=O)Cc2ccc(F)cc2)cc(Br)c1OCc1ccc(C(=O)O)cc1. The van der Waals surface area contributed by atoms with Crippen LogP contribution in [0.15, 0.2) is 70.2 Å². The Balaban J connectivity index is 1.62. The predicted molar refractivity (Wildman–Crippen MR) is 124 cm³/mol. The number of carboxylic acids is 1. The van der Waals surface area contributed by atoms with Gasteiger partial charge in [0.1, 0.15) is 12.4 Å². The molecular weight excluding hydrogens is 495 g/mol. The molecule has 1 amide bonds. The first-order valence-corrected chi connectivity index (χ1v) is 10.5. The van der Waals surface area contributed by atoms with Gasteiger partial charge in [0, 0.05) is 0 Å². The molecule has 0 radical (unpaired) electrons. The van der Waals surface area contributed by atoms with Crippen LogP contribution < -0.4 is 14.9 Å². The highest BCUT2D eigenvalue weighted by molar-refractivity contribution is 9.10. The lowest BCUT2D eigenvalue weighted by molar-refractivity contribution is -0.120. The van der Waals surface area contributed by atoms with Crippen LogP contribution in [-0.2, 0) is 17.8 Å². The molecule has 0 spiro atoms. The molecule has 0 atom stereocenters. The zero-order valence-electron chi connectivity index (χ0n) is 17.5. The molecule has 3 aromatic rings. The molecular formula is C24H20BrFN2O5. The number of hydrogen-bond donors (Lipinski definition) is 2. The van der Waals surface area contributed by atoms with Crippen molar-refractivity contribution in [3.63, 3.8) is 0 Å². The minimum absolute atomic E-state index is 0.0743. The van der Waals surface area contributed by atoms with Gasteiger partial charge in [-0.3, -0.25) is 4.79 Å². The Bertz CT molecular complexity index is 1160. The zero-order valence-corrected chi connectivity index (χ0v) is 19.1. The van der Waals surface area contributed by atoms with Crippen LogP contribution in [0.25, 0.3) is 0 Å². The number of carbonyl (C=O) groups excluding carboxylic acids is 1. The van der Waals surface area contributed by atoms with Crippen molar-refractivity contribution in [2.45, 2.75) is 13.0 Å². The van der Waals surface area contributed by atoms with Crippen molar-refractivity contribution in [2.75, 3.05) is 7.11 Å². The van der Waals surface area contributed by atoms with E-state index < -0.39 is 5.97 Å². The topological polar surface area (TPSA) is 97.2 Å². The van der Waals surface area contributed by atoms with Gasteiger partial charge in [-0.1, -0.05) is 24.3 Å². The van der Waals surface area contributed by atoms with Gasteiger partial charge in [-0.05, 0) is 69.0 Å². The van der Waals surface area contributed by atoms with Gasteiger partial charge in [0.2, 0.25) is 5.91 Å². The van der Waals surface area contributed by atoms with Crippen LogP contribution in [-0.4, -0.2) is 30.3 Å². The van der Waals surface area contributed by atoms with Gasteiger partial charge in [0.05, 0.1) is 29.8 Å². The molecule has 0 heterocycles. The molecule has 7 nitrogen and oxygen atoms in total. The van der Waals surface area contributed by atoms with Crippen LogP contribution in [0.3, 0.4) is 0 Å². The quantitative estimate of drug-likeness (QED) is 0.322. The highest BCUT2D eigenvalue weighted by Crippen LogP contribution is 2.36. The van der Waals surface area contributed by atoms with E-state index in [2.05, 4.69) is 26.5 Å². The fourth-order valence-corrected chi connectivity index (χ4v) is 3.43. The molecule has 170 valence electrons. The lowest BCUT2D eigenvalue weighted by atomic mass is 10.1. The number of hydrazone groups is 1.